The third-order valence-corrected chi connectivity index (χ3v) is 3.82. The first kappa shape index (κ1) is 13.9. The van der Waals surface area contributed by atoms with Crippen molar-refractivity contribution in [2.45, 2.75) is 26.2 Å². The summed E-state index contributed by atoms with van der Waals surface area (Å²) >= 11 is 0. The van der Waals surface area contributed by atoms with Crippen LogP contribution in [0.3, 0.4) is 0 Å². The van der Waals surface area contributed by atoms with Crippen molar-refractivity contribution in [3.05, 3.63) is 23.8 Å². The zero-order valence-corrected chi connectivity index (χ0v) is 12.2. The number of benzene rings is 1. The van der Waals surface area contributed by atoms with Gasteiger partial charge in [-0.05, 0) is 43.4 Å². The first-order valence-corrected chi connectivity index (χ1v) is 7.53. The van der Waals surface area contributed by atoms with E-state index in [0.717, 1.165) is 19.5 Å². The number of fused-ring (bicyclic) bond motifs is 1. The number of hydrogen-bond acceptors (Lipinski definition) is 3. The van der Waals surface area contributed by atoms with Crippen LogP contribution in [0.15, 0.2) is 18.2 Å². The lowest BCUT2D eigenvalue weighted by molar-refractivity contribution is -0.118. The minimum Gasteiger partial charge on any atom is -0.482 e. The summed E-state index contributed by atoms with van der Waals surface area (Å²) in [6.45, 7) is 3.72. The number of anilines is 1. The highest BCUT2D eigenvalue weighted by molar-refractivity contribution is 5.99. The Hall–Kier alpha value is -2.04. The Bertz CT molecular complexity index is 567. The summed E-state index contributed by atoms with van der Waals surface area (Å²) in [6.07, 6.45) is 3.41. The van der Waals surface area contributed by atoms with Gasteiger partial charge in [0.05, 0.1) is 5.69 Å². The molecule has 1 aliphatic carbocycles. The van der Waals surface area contributed by atoms with E-state index >= 15 is 0 Å². The van der Waals surface area contributed by atoms with Gasteiger partial charge in [0.2, 0.25) is 0 Å². The zero-order valence-electron chi connectivity index (χ0n) is 12.2. The van der Waals surface area contributed by atoms with E-state index in [9.17, 15) is 9.59 Å². The lowest BCUT2D eigenvalue weighted by atomic mass is 10.1. The third-order valence-electron chi connectivity index (χ3n) is 3.82. The summed E-state index contributed by atoms with van der Waals surface area (Å²) in [5.74, 6) is 1.13. The van der Waals surface area contributed by atoms with Crippen molar-refractivity contribution >= 4 is 17.5 Å². The highest BCUT2D eigenvalue weighted by atomic mass is 16.5. The molecule has 1 N–H and O–H groups in total. The van der Waals surface area contributed by atoms with E-state index in [2.05, 4.69) is 12.2 Å². The van der Waals surface area contributed by atoms with Crippen molar-refractivity contribution in [1.82, 2.24) is 4.90 Å². The molecule has 0 unspecified atom stereocenters. The van der Waals surface area contributed by atoms with Crippen molar-refractivity contribution in [2.24, 2.45) is 5.92 Å². The fourth-order valence-corrected chi connectivity index (χ4v) is 2.55. The van der Waals surface area contributed by atoms with Crippen LogP contribution in [-0.4, -0.2) is 36.4 Å². The molecule has 1 fully saturated rings. The second kappa shape index (κ2) is 5.76. The van der Waals surface area contributed by atoms with Crippen molar-refractivity contribution < 1.29 is 14.3 Å². The number of ether oxygens (including phenoxy) is 1. The van der Waals surface area contributed by atoms with Crippen LogP contribution in [0.2, 0.25) is 0 Å². The van der Waals surface area contributed by atoms with E-state index in [4.69, 9.17) is 4.74 Å². The number of rotatable bonds is 5. The highest BCUT2D eigenvalue weighted by Gasteiger charge is 2.27. The molecule has 5 heteroatoms. The molecule has 5 nitrogen and oxygen atoms in total. The second-order valence-corrected chi connectivity index (χ2v) is 5.74. The van der Waals surface area contributed by atoms with Gasteiger partial charge in [0.1, 0.15) is 5.75 Å². The summed E-state index contributed by atoms with van der Waals surface area (Å²) in [4.78, 5) is 25.8. The molecule has 0 saturated heterocycles. The van der Waals surface area contributed by atoms with Crippen LogP contribution in [0.1, 0.15) is 36.5 Å². The number of amides is 2. The van der Waals surface area contributed by atoms with Gasteiger partial charge >= 0.3 is 0 Å². The van der Waals surface area contributed by atoms with Gasteiger partial charge in [-0.2, -0.15) is 0 Å². The normalized spacial score (nSPS) is 16.7. The molecule has 0 radical (unpaired) electrons. The third kappa shape index (κ3) is 3.17. The maximum absolute atomic E-state index is 12.6. The maximum atomic E-state index is 12.6. The average molecular weight is 288 g/mol. The summed E-state index contributed by atoms with van der Waals surface area (Å²) < 4.78 is 5.38. The Morgan fingerprint density at radius 1 is 1.43 bits per heavy atom. The number of nitrogens with zero attached hydrogens (tertiary/aromatic N) is 1. The molecule has 3 rings (SSSR count). The van der Waals surface area contributed by atoms with E-state index < -0.39 is 0 Å². The summed E-state index contributed by atoms with van der Waals surface area (Å²) in [6, 6.07) is 5.22. The number of carbonyl (C=O) groups excluding carboxylic acids is 2. The lowest BCUT2D eigenvalue weighted by Crippen LogP contribution is -2.34. The fourth-order valence-electron chi connectivity index (χ4n) is 2.55. The Balaban J connectivity index is 1.78. The van der Waals surface area contributed by atoms with Gasteiger partial charge in [0, 0.05) is 18.7 Å². The number of carbonyl (C=O) groups is 2. The molecule has 2 aliphatic rings. The van der Waals surface area contributed by atoms with E-state index in [-0.39, 0.29) is 18.4 Å². The van der Waals surface area contributed by atoms with Gasteiger partial charge in [-0.15, -0.1) is 0 Å². The van der Waals surface area contributed by atoms with Gasteiger partial charge in [-0.1, -0.05) is 6.92 Å². The monoisotopic (exact) mass is 288 g/mol. The molecule has 1 saturated carbocycles. The quantitative estimate of drug-likeness (QED) is 0.904. The highest BCUT2D eigenvalue weighted by Crippen LogP contribution is 2.32. The molecule has 1 aromatic carbocycles. The van der Waals surface area contributed by atoms with Crippen LogP contribution in [-0.2, 0) is 4.79 Å². The molecule has 1 aromatic rings. The smallest absolute Gasteiger partial charge is 0.262 e. The topological polar surface area (TPSA) is 58.6 Å². The average Bonchev–Trinajstić information content (AvgIpc) is 3.29. The predicted octanol–water partition coefficient (Wildman–Crippen LogP) is 2.28. The predicted molar refractivity (Wildman–Crippen MR) is 79.5 cm³/mol. The van der Waals surface area contributed by atoms with Gasteiger partial charge in [0.25, 0.3) is 11.8 Å². The maximum Gasteiger partial charge on any atom is 0.262 e. The van der Waals surface area contributed by atoms with Crippen LogP contribution in [0.25, 0.3) is 0 Å². The lowest BCUT2D eigenvalue weighted by Gasteiger charge is -2.23. The van der Waals surface area contributed by atoms with E-state index in [1.54, 1.807) is 18.2 Å². The molecule has 112 valence electrons. The standard InChI is InChI=1S/C16H20N2O3/c1-2-7-18(9-11-3-4-11)16(20)12-5-6-13-14(8-12)21-10-15(19)17-13/h5-6,8,11H,2-4,7,9-10H2,1H3,(H,17,19). The van der Waals surface area contributed by atoms with Crippen molar-refractivity contribution in [3.8, 4) is 5.75 Å². The minimum atomic E-state index is -0.164. The van der Waals surface area contributed by atoms with E-state index in [1.165, 1.54) is 12.8 Å². The molecular formula is C16H20N2O3. The summed E-state index contributed by atoms with van der Waals surface area (Å²) in [7, 11) is 0. The van der Waals surface area contributed by atoms with Crippen LogP contribution in [0, 0.1) is 5.92 Å². The van der Waals surface area contributed by atoms with Crippen molar-refractivity contribution in [2.75, 3.05) is 25.0 Å². The van der Waals surface area contributed by atoms with Crippen LogP contribution < -0.4 is 10.1 Å². The Morgan fingerprint density at radius 3 is 2.95 bits per heavy atom. The van der Waals surface area contributed by atoms with E-state index in [1.807, 2.05) is 4.90 Å². The Morgan fingerprint density at radius 2 is 2.24 bits per heavy atom. The van der Waals surface area contributed by atoms with Gasteiger partial charge in [0.15, 0.2) is 6.61 Å². The minimum absolute atomic E-state index is 0.00535. The van der Waals surface area contributed by atoms with Crippen LogP contribution in [0.4, 0.5) is 5.69 Å². The Kier molecular flexibility index (Phi) is 3.82. The van der Waals surface area contributed by atoms with Gasteiger partial charge in [-0.3, -0.25) is 9.59 Å². The SMILES string of the molecule is CCCN(CC1CC1)C(=O)c1ccc2c(c1)OCC(=O)N2. The molecule has 1 heterocycles. The summed E-state index contributed by atoms with van der Waals surface area (Å²) in [5, 5.41) is 2.73. The first-order valence-electron chi connectivity index (χ1n) is 7.53. The van der Waals surface area contributed by atoms with E-state index in [0.29, 0.717) is 22.9 Å². The molecule has 2 amide bonds. The van der Waals surface area contributed by atoms with Crippen LogP contribution >= 0.6 is 0 Å². The van der Waals surface area contributed by atoms with Crippen molar-refractivity contribution in [3.63, 3.8) is 0 Å². The zero-order chi connectivity index (χ0) is 14.8. The summed E-state index contributed by atoms with van der Waals surface area (Å²) in [5.41, 5.74) is 1.26. The van der Waals surface area contributed by atoms with Gasteiger partial charge in [-0.25, -0.2) is 0 Å². The van der Waals surface area contributed by atoms with Gasteiger partial charge < -0.3 is 15.0 Å². The molecular weight excluding hydrogens is 268 g/mol. The number of nitrogens with one attached hydrogen (secondary N) is 1. The molecule has 0 aromatic heterocycles. The molecule has 0 bridgehead atoms. The molecule has 1 aliphatic heterocycles. The number of hydrogen-bond donors (Lipinski definition) is 1. The fraction of sp³-hybridized carbons (Fsp3) is 0.500. The largest absolute Gasteiger partial charge is 0.482 e. The van der Waals surface area contributed by atoms with Crippen molar-refractivity contribution in [1.29, 1.82) is 0 Å². The van der Waals surface area contributed by atoms with Crippen LogP contribution in [0.5, 0.6) is 5.75 Å². The Labute approximate surface area is 124 Å². The molecule has 0 spiro atoms. The molecule has 0 atom stereocenters. The first-order chi connectivity index (χ1) is 10.2. The second-order valence-electron chi connectivity index (χ2n) is 5.74. The molecule has 21 heavy (non-hydrogen) atoms.